The zero-order valence-electron chi connectivity index (χ0n) is 10.2. The molecular formula is C13H22N2O. The van der Waals surface area contributed by atoms with E-state index in [0.717, 1.165) is 30.8 Å². The number of nitrogens with two attached hydrogens (primary N) is 1. The Morgan fingerprint density at radius 3 is 2.81 bits per heavy atom. The first kappa shape index (κ1) is 12.8. The first-order valence-electron chi connectivity index (χ1n) is 5.88. The number of rotatable bonds is 6. The number of hydrogen-bond acceptors (Lipinski definition) is 3. The van der Waals surface area contributed by atoms with Crippen LogP contribution >= 0.6 is 0 Å². The van der Waals surface area contributed by atoms with Crippen LogP contribution in [0.4, 0.5) is 11.4 Å². The van der Waals surface area contributed by atoms with Gasteiger partial charge in [0.15, 0.2) is 0 Å². The average Bonchev–Trinajstić information content (AvgIpc) is 2.28. The molecule has 0 bridgehead atoms. The van der Waals surface area contributed by atoms with E-state index in [1.807, 2.05) is 18.2 Å². The van der Waals surface area contributed by atoms with Crippen molar-refractivity contribution >= 4 is 11.4 Å². The van der Waals surface area contributed by atoms with Crippen LogP contribution in [-0.2, 0) is 0 Å². The van der Waals surface area contributed by atoms with Crippen LogP contribution in [0.2, 0.25) is 0 Å². The molecule has 0 aliphatic rings. The topological polar surface area (TPSA) is 58.3 Å². The van der Waals surface area contributed by atoms with Crippen molar-refractivity contribution in [2.45, 2.75) is 26.7 Å². The lowest BCUT2D eigenvalue weighted by Crippen LogP contribution is -2.15. The molecule has 0 radical (unpaired) electrons. The second-order valence-electron chi connectivity index (χ2n) is 4.24. The second-order valence-corrected chi connectivity index (χ2v) is 4.24. The number of aryl methyl sites for hydroxylation is 1. The molecule has 0 aliphatic heterocycles. The van der Waals surface area contributed by atoms with E-state index < -0.39 is 0 Å². The molecule has 1 rings (SSSR count). The minimum Gasteiger partial charge on any atom is -0.399 e. The summed E-state index contributed by atoms with van der Waals surface area (Å²) in [5, 5.41) is 12.3. The van der Waals surface area contributed by atoms with E-state index >= 15 is 0 Å². The van der Waals surface area contributed by atoms with Crippen LogP contribution in [-0.4, -0.2) is 18.3 Å². The molecule has 1 aromatic rings. The molecule has 1 aromatic carbocycles. The summed E-state index contributed by atoms with van der Waals surface area (Å²) in [6.45, 7) is 5.36. The van der Waals surface area contributed by atoms with E-state index in [4.69, 9.17) is 10.8 Å². The number of anilines is 2. The zero-order chi connectivity index (χ0) is 12.0. The average molecular weight is 222 g/mol. The Kier molecular flexibility index (Phi) is 5.12. The van der Waals surface area contributed by atoms with E-state index in [-0.39, 0.29) is 6.61 Å². The fourth-order valence-corrected chi connectivity index (χ4v) is 1.72. The van der Waals surface area contributed by atoms with Gasteiger partial charge in [-0.3, -0.25) is 0 Å². The standard InChI is InChI=1S/C13H22N2O/c1-3-11(6-7-16)9-15-13-8-12(14)5-4-10(13)2/h4-5,8,11,15-16H,3,6-7,9,14H2,1-2H3. The maximum atomic E-state index is 8.92. The molecule has 4 N–H and O–H groups in total. The van der Waals surface area contributed by atoms with Crippen LogP contribution in [0.3, 0.4) is 0 Å². The second kappa shape index (κ2) is 6.38. The predicted molar refractivity (Wildman–Crippen MR) is 69.6 cm³/mol. The lowest BCUT2D eigenvalue weighted by molar-refractivity contribution is 0.258. The molecule has 0 aliphatic carbocycles. The van der Waals surface area contributed by atoms with Crippen LogP contribution in [0.25, 0.3) is 0 Å². The highest BCUT2D eigenvalue weighted by Gasteiger charge is 2.06. The molecule has 0 amide bonds. The first-order valence-corrected chi connectivity index (χ1v) is 5.88. The van der Waals surface area contributed by atoms with Gasteiger partial charge in [0.05, 0.1) is 0 Å². The van der Waals surface area contributed by atoms with Gasteiger partial charge in [-0.2, -0.15) is 0 Å². The van der Waals surface area contributed by atoms with E-state index in [1.54, 1.807) is 0 Å². The Bertz CT molecular complexity index is 326. The molecule has 90 valence electrons. The van der Waals surface area contributed by atoms with Crippen LogP contribution in [0, 0.1) is 12.8 Å². The van der Waals surface area contributed by atoms with Gasteiger partial charge >= 0.3 is 0 Å². The summed E-state index contributed by atoms with van der Waals surface area (Å²) in [6.07, 6.45) is 1.93. The largest absolute Gasteiger partial charge is 0.399 e. The molecule has 1 atom stereocenters. The van der Waals surface area contributed by atoms with E-state index in [0.29, 0.717) is 5.92 Å². The van der Waals surface area contributed by atoms with Gasteiger partial charge in [-0.25, -0.2) is 0 Å². The van der Waals surface area contributed by atoms with Crippen molar-refractivity contribution in [1.29, 1.82) is 0 Å². The Labute approximate surface area is 97.7 Å². The molecule has 16 heavy (non-hydrogen) atoms. The van der Waals surface area contributed by atoms with E-state index in [1.165, 1.54) is 5.56 Å². The molecule has 1 unspecified atom stereocenters. The summed E-state index contributed by atoms with van der Waals surface area (Å²) in [4.78, 5) is 0. The maximum Gasteiger partial charge on any atom is 0.0434 e. The summed E-state index contributed by atoms with van der Waals surface area (Å²) in [5.41, 5.74) is 8.82. The van der Waals surface area contributed by atoms with Crippen molar-refractivity contribution in [2.75, 3.05) is 24.2 Å². The normalized spacial score (nSPS) is 12.4. The summed E-state index contributed by atoms with van der Waals surface area (Å²) in [5.74, 6) is 0.519. The minimum atomic E-state index is 0.260. The fourth-order valence-electron chi connectivity index (χ4n) is 1.72. The van der Waals surface area contributed by atoms with Crippen LogP contribution in [0.15, 0.2) is 18.2 Å². The third-order valence-corrected chi connectivity index (χ3v) is 2.96. The molecule has 0 saturated heterocycles. The lowest BCUT2D eigenvalue weighted by Gasteiger charge is -2.16. The Morgan fingerprint density at radius 2 is 2.19 bits per heavy atom. The van der Waals surface area contributed by atoms with Crippen molar-refractivity contribution < 1.29 is 5.11 Å². The predicted octanol–water partition coefficient (Wildman–Crippen LogP) is 2.40. The van der Waals surface area contributed by atoms with Crippen LogP contribution in [0.1, 0.15) is 25.3 Å². The van der Waals surface area contributed by atoms with Crippen molar-refractivity contribution in [3.05, 3.63) is 23.8 Å². The van der Waals surface area contributed by atoms with Gasteiger partial charge in [-0.05, 0) is 37.0 Å². The van der Waals surface area contributed by atoms with Crippen molar-refractivity contribution in [1.82, 2.24) is 0 Å². The zero-order valence-corrected chi connectivity index (χ0v) is 10.2. The Balaban J connectivity index is 2.55. The summed E-state index contributed by atoms with van der Waals surface area (Å²) >= 11 is 0. The highest BCUT2D eigenvalue weighted by molar-refractivity contribution is 5.59. The van der Waals surface area contributed by atoms with Gasteiger partial charge in [-0.1, -0.05) is 19.4 Å². The minimum absolute atomic E-state index is 0.260. The van der Waals surface area contributed by atoms with Gasteiger partial charge in [0.1, 0.15) is 0 Å². The fraction of sp³-hybridized carbons (Fsp3) is 0.538. The summed E-state index contributed by atoms with van der Waals surface area (Å²) in [7, 11) is 0. The SMILES string of the molecule is CCC(CCO)CNc1cc(N)ccc1C. The highest BCUT2D eigenvalue weighted by atomic mass is 16.3. The third-order valence-electron chi connectivity index (χ3n) is 2.96. The number of aliphatic hydroxyl groups is 1. The van der Waals surface area contributed by atoms with Gasteiger partial charge in [0.25, 0.3) is 0 Å². The van der Waals surface area contributed by atoms with Gasteiger partial charge in [-0.15, -0.1) is 0 Å². The first-order chi connectivity index (χ1) is 7.67. The van der Waals surface area contributed by atoms with Gasteiger partial charge < -0.3 is 16.2 Å². The molecule has 0 heterocycles. The van der Waals surface area contributed by atoms with Crippen molar-refractivity contribution in [3.8, 4) is 0 Å². The molecule has 0 spiro atoms. The smallest absolute Gasteiger partial charge is 0.0434 e. The molecule has 0 fully saturated rings. The van der Waals surface area contributed by atoms with E-state index in [2.05, 4.69) is 19.2 Å². The number of nitrogen functional groups attached to an aromatic ring is 1. The molecular weight excluding hydrogens is 200 g/mol. The maximum absolute atomic E-state index is 8.92. The van der Waals surface area contributed by atoms with E-state index in [9.17, 15) is 0 Å². The third kappa shape index (κ3) is 3.74. The van der Waals surface area contributed by atoms with Crippen LogP contribution < -0.4 is 11.1 Å². The van der Waals surface area contributed by atoms with Crippen molar-refractivity contribution in [3.63, 3.8) is 0 Å². The Hall–Kier alpha value is -1.22. The molecule has 3 heteroatoms. The number of benzene rings is 1. The Morgan fingerprint density at radius 1 is 1.44 bits per heavy atom. The molecule has 0 saturated carbocycles. The highest BCUT2D eigenvalue weighted by Crippen LogP contribution is 2.19. The van der Waals surface area contributed by atoms with Gasteiger partial charge in [0.2, 0.25) is 0 Å². The quantitative estimate of drug-likeness (QED) is 0.648. The van der Waals surface area contributed by atoms with Crippen molar-refractivity contribution in [2.24, 2.45) is 5.92 Å². The monoisotopic (exact) mass is 222 g/mol. The summed E-state index contributed by atoms with van der Waals surface area (Å²) < 4.78 is 0. The van der Waals surface area contributed by atoms with Gasteiger partial charge in [0, 0.05) is 24.5 Å². The number of nitrogens with one attached hydrogen (secondary N) is 1. The summed E-state index contributed by atoms with van der Waals surface area (Å²) in [6, 6.07) is 5.89. The van der Waals surface area contributed by atoms with Crippen LogP contribution in [0.5, 0.6) is 0 Å². The number of hydrogen-bond donors (Lipinski definition) is 3. The molecule has 3 nitrogen and oxygen atoms in total. The lowest BCUT2D eigenvalue weighted by atomic mass is 10.0. The molecule has 0 aromatic heterocycles. The number of aliphatic hydroxyl groups excluding tert-OH is 1.